The highest BCUT2D eigenvalue weighted by molar-refractivity contribution is 5.54. The molecule has 1 heterocycles. The summed E-state index contributed by atoms with van der Waals surface area (Å²) in [5.41, 5.74) is -1.66. The molecule has 0 aliphatic heterocycles. The van der Waals surface area contributed by atoms with Crippen molar-refractivity contribution in [3.05, 3.63) is 100 Å². The van der Waals surface area contributed by atoms with Gasteiger partial charge in [-0.25, -0.2) is 17.6 Å². The van der Waals surface area contributed by atoms with Crippen LogP contribution in [-0.4, -0.2) is 17.9 Å². The molecular weight excluding hydrogens is 457 g/mol. The fourth-order valence-corrected chi connectivity index (χ4v) is 3.07. The molecule has 2 aromatic carbocycles. The van der Waals surface area contributed by atoms with Gasteiger partial charge in [-0.2, -0.15) is 4.94 Å². The molecule has 1 atom stereocenters. The maximum Gasteiger partial charge on any atom is 0.161 e. The number of rotatable bonds is 7. The van der Waals surface area contributed by atoms with Crippen LogP contribution in [0.4, 0.5) is 22.1 Å². The molecule has 1 aromatic heterocycles. The first kappa shape index (κ1) is 24.5. The van der Waals surface area contributed by atoms with E-state index in [2.05, 4.69) is 37.1 Å². The smallest absolute Gasteiger partial charge is 0.161 e. The molecule has 0 radical (unpaired) electrons. The molecule has 0 aliphatic rings. The molecule has 0 saturated heterocycles. The first-order valence-electron chi connectivity index (χ1n) is 9.62. The molecule has 1 unspecified atom stereocenters. The Kier molecular flexibility index (Phi) is 8.00. The summed E-state index contributed by atoms with van der Waals surface area (Å²) in [4.78, 5) is 12.2. The van der Waals surface area contributed by atoms with Crippen molar-refractivity contribution in [2.24, 2.45) is 21.2 Å². The van der Waals surface area contributed by atoms with Crippen LogP contribution in [0.1, 0.15) is 22.4 Å². The second-order valence-electron chi connectivity index (χ2n) is 6.97. The van der Waals surface area contributed by atoms with Gasteiger partial charge in [-0.1, -0.05) is 23.1 Å². The normalized spacial score (nSPS) is 13.1. The van der Waals surface area contributed by atoms with E-state index in [0.717, 1.165) is 24.5 Å². The molecule has 0 aliphatic carbocycles. The van der Waals surface area contributed by atoms with Gasteiger partial charge in [0.2, 0.25) is 0 Å². The molecule has 3 rings (SSSR count). The lowest BCUT2D eigenvalue weighted by Gasteiger charge is -2.28. The van der Waals surface area contributed by atoms with E-state index in [1.807, 2.05) is 0 Å². The van der Waals surface area contributed by atoms with Gasteiger partial charge in [-0.05, 0) is 34.9 Å². The maximum atomic E-state index is 14.5. The third kappa shape index (κ3) is 5.99. The topological polar surface area (TPSA) is 85.2 Å². The number of nitrogens with two attached hydrogens (primary N) is 1. The van der Waals surface area contributed by atoms with Crippen molar-refractivity contribution in [2.45, 2.75) is 12.0 Å². The van der Waals surface area contributed by atoms with E-state index in [1.54, 1.807) is 0 Å². The summed E-state index contributed by atoms with van der Waals surface area (Å²) in [5.74, 6) is 6.70. The van der Waals surface area contributed by atoms with Gasteiger partial charge in [-0.15, -0.1) is 5.11 Å². The SMILES string of the molecule is NN=NC=NCC(Cc1ccc(C#Cc2ccc(F)cc2F)cn1)(OF)c1ccc(F)cc1F. The van der Waals surface area contributed by atoms with Crippen molar-refractivity contribution in [3.63, 3.8) is 0 Å². The summed E-state index contributed by atoms with van der Waals surface area (Å²) < 4.78 is 68.5. The summed E-state index contributed by atoms with van der Waals surface area (Å²) in [6.07, 6.45) is 1.96. The second-order valence-corrected chi connectivity index (χ2v) is 6.97. The number of hydrogen-bond acceptors (Lipinski definition) is 4. The standard InChI is InChI=1S/C23H16F5N5O/c24-17-5-4-16(21(26)9-17)3-1-15-2-7-19(31-12-15)11-23(34-28,13-30-14-32-33-29)20-8-6-18(25)10-22(20)27/h2,4-10,12,14H,11,13H2,(H2,29,30,32). The number of benzene rings is 2. The van der Waals surface area contributed by atoms with Gasteiger partial charge in [0.25, 0.3) is 0 Å². The zero-order valence-corrected chi connectivity index (χ0v) is 17.4. The number of aliphatic imine (C=N–C) groups is 1. The van der Waals surface area contributed by atoms with Crippen molar-refractivity contribution in [1.82, 2.24) is 4.98 Å². The van der Waals surface area contributed by atoms with Gasteiger partial charge in [0.1, 0.15) is 29.6 Å². The van der Waals surface area contributed by atoms with Crippen molar-refractivity contribution >= 4 is 6.34 Å². The lowest BCUT2D eigenvalue weighted by Crippen LogP contribution is -2.35. The monoisotopic (exact) mass is 473 g/mol. The van der Waals surface area contributed by atoms with Gasteiger partial charge in [0, 0.05) is 41.6 Å². The average molecular weight is 473 g/mol. The van der Waals surface area contributed by atoms with Gasteiger partial charge in [-0.3, -0.25) is 9.98 Å². The molecule has 0 fully saturated rings. The highest BCUT2D eigenvalue weighted by atomic mass is 19.3. The highest BCUT2D eigenvalue weighted by Gasteiger charge is 2.38. The van der Waals surface area contributed by atoms with Crippen LogP contribution >= 0.6 is 0 Å². The largest absolute Gasteiger partial charge is 0.305 e. The summed E-state index contributed by atoms with van der Waals surface area (Å²) in [6.45, 7) is -0.460. The van der Waals surface area contributed by atoms with Crippen LogP contribution in [0.2, 0.25) is 0 Å². The van der Waals surface area contributed by atoms with E-state index in [-0.39, 0.29) is 23.2 Å². The number of pyridine rings is 1. The van der Waals surface area contributed by atoms with Crippen molar-refractivity contribution < 1.29 is 27.0 Å². The van der Waals surface area contributed by atoms with Crippen LogP contribution in [0, 0.1) is 35.1 Å². The Morgan fingerprint density at radius 3 is 2.32 bits per heavy atom. The predicted molar refractivity (Wildman–Crippen MR) is 113 cm³/mol. The molecule has 0 saturated carbocycles. The van der Waals surface area contributed by atoms with Gasteiger partial charge in [0.15, 0.2) is 5.60 Å². The molecular formula is C23H16F5N5O. The molecule has 11 heteroatoms. The number of halogens is 5. The molecule has 0 amide bonds. The zero-order chi connectivity index (χ0) is 24.6. The average Bonchev–Trinajstić information content (AvgIpc) is 2.81. The Labute approximate surface area is 190 Å². The summed E-state index contributed by atoms with van der Waals surface area (Å²) in [6, 6.07) is 8.58. The lowest BCUT2D eigenvalue weighted by atomic mass is 9.88. The van der Waals surface area contributed by atoms with Gasteiger partial charge >= 0.3 is 0 Å². The second kappa shape index (κ2) is 11.1. The highest BCUT2D eigenvalue weighted by Crippen LogP contribution is 2.33. The van der Waals surface area contributed by atoms with E-state index in [1.165, 1.54) is 24.4 Å². The van der Waals surface area contributed by atoms with Crippen LogP contribution in [0.5, 0.6) is 0 Å². The van der Waals surface area contributed by atoms with Crippen molar-refractivity contribution in [2.75, 3.05) is 6.54 Å². The lowest BCUT2D eigenvalue weighted by molar-refractivity contribution is -0.239. The minimum Gasteiger partial charge on any atom is -0.305 e. The third-order valence-electron chi connectivity index (χ3n) is 4.68. The minimum atomic E-state index is -2.00. The Balaban J connectivity index is 1.89. The minimum absolute atomic E-state index is 0.00500. The predicted octanol–water partition coefficient (Wildman–Crippen LogP) is 4.73. The molecule has 0 bridgehead atoms. The van der Waals surface area contributed by atoms with Crippen molar-refractivity contribution in [3.8, 4) is 11.8 Å². The molecule has 3 aromatic rings. The van der Waals surface area contributed by atoms with E-state index in [4.69, 9.17) is 5.84 Å². The fraction of sp³-hybridized carbons (Fsp3) is 0.130. The number of nitrogens with zero attached hydrogens (tertiary/aromatic N) is 4. The Hall–Kier alpha value is -4.17. The van der Waals surface area contributed by atoms with Crippen LogP contribution in [0.15, 0.2) is 70.1 Å². The number of aromatic nitrogens is 1. The van der Waals surface area contributed by atoms with E-state index >= 15 is 0 Å². The number of hydrogen-bond donors (Lipinski definition) is 1. The molecule has 0 spiro atoms. The Morgan fingerprint density at radius 2 is 1.71 bits per heavy atom. The quantitative estimate of drug-likeness (QED) is 0.102. The Morgan fingerprint density at radius 1 is 0.971 bits per heavy atom. The molecule has 34 heavy (non-hydrogen) atoms. The summed E-state index contributed by atoms with van der Waals surface area (Å²) >= 11 is 0. The summed E-state index contributed by atoms with van der Waals surface area (Å²) in [7, 11) is 0. The van der Waals surface area contributed by atoms with E-state index < -0.39 is 35.4 Å². The third-order valence-corrected chi connectivity index (χ3v) is 4.68. The molecule has 2 N–H and O–H groups in total. The fourth-order valence-electron chi connectivity index (χ4n) is 3.07. The van der Waals surface area contributed by atoms with Gasteiger partial charge in [0.05, 0.1) is 12.1 Å². The van der Waals surface area contributed by atoms with E-state index in [0.29, 0.717) is 17.7 Å². The van der Waals surface area contributed by atoms with Crippen LogP contribution in [0.3, 0.4) is 0 Å². The van der Waals surface area contributed by atoms with Crippen LogP contribution in [-0.2, 0) is 17.0 Å². The van der Waals surface area contributed by atoms with E-state index in [9.17, 15) is 22.1 Å². The first-order chi connectivity index (χ1) is 16.4. The maximum absolute atomic E-state index is 14.5. The van der Waals surface area contributed by atoms with Crippen LogP contribution < -0.4 is 5.84 Å². The van der Waals surface area contributed by atoms with Crippen molar-refractivity contribution in [1.29, 1.82) is 0 Å². The molecule has 6 nitrogen and oxygen atoms in total. The zero-order valence-electron chi connectivity index (χ0n) is 17.4. The summed E-state index contributed by atoms with van der Waals surface area (Å²) in [5, 5.41) is 6.29. The first-order valence-corrected chi connectivity index (χ1v) is 9.62. The van der Waals surface area contributed by atoms with Gasteiger partial charge < -0.3 is 5.84 Å². The van der Waals surface area contributed by atoms with Crippen LogP contribution in [0.25, 0.3) is 0 Å². The Bertz CT molecular complexity index is 1270. The molecule has 174 valence electrons.